The molecule has 0 fully saturated rings. The number of aromatic nitrogens is 2. The zero-order valence-electron chi connectivity index (χ0n) is 7.77. The van der Waals surface area contributed by atoms with Crippen molar-refractivity contribution in [1.29, 1.82) is 0 Å². The van der Waals surface area contributed by atoms with Crippen LogP contribution in [0.15, 0.2) is 30.6 Å². The van der Waals surface area contributed by atoms with Crippen molar-refractivity contribution in [2.24, 2.45) is 0 Å². The van der Waals surface area contributed by atoms with E-state index in [1.807, 2.05) is 6.07 Å². The highest BCUT2D eigenvalue weighted by atomic mass is 32.1. The van der Waals surface area contributed by atoms with Gasteiger partial charge < -0.3 is 4.98 Å². The summed E-state index contributed by atoms with van der Waals surface area (Å²) in [7, 11) is 0. The zero-order valence-corrected chi connectivity index (χ0v) is 8.67. The highest BCUT2D eigenvalue weighted by Crippen LogP contribution is 2.12. The zero-order chi connectivity index (χ0) is 9.80. The van der Waals surface area contributed by atoms with E-state index in [9.17, 15) is 0 Å². The van der Waals surface area contributed by atoms with Crippen LogP contribution in [0.5, 0.6) is 0 Å². The standard InChI is InChI=1S/C11H12N2S/c14-6-2-1-3-9-4-5-10-11(7-9)13-8-12-10/h1,3-5,7-8,14H,2,6H2,(H,12,13). The maximum absolute atomic E-state index is 4.16. The molecule has 72 valence electrons. The third-order valence-corrected chi connectivity index (χ3v) is 2.31. The Hall–Kier alpha value is -1.22. The molecule has 0 aliphatic rings. The van der Waals surface area contributed by atoms with Crippen LogP contribution in [0.3, 0.4) is 0 Å². The van der Waals surface area contributed by atoms with E-state index in [4.69, 9.17) is 0 Å². The highest BCUT2D eigenvalue weighted by molar-refractivity contribution is 7.80. The summed E-state index contributed by atoms with van der Waals surface area (Å²) in [6, 6.07) is 6.18. The molecule has 0 bridgehead atoms. The Morgan fingerprint density at radius 2 is 2.36 bits per heavy atom. The fourth-order valence-corrected chi connectivity index (χ4v) is 1.50. The van der Waals surface area contributed by atoms with Gasteiger partial charge in [-0.15, -0.1) is 0 Å². The van der Waals surface area contributed by atoms with Crippen LogP contribution in [-0.2, 0) is 0 Å². The van der Waals surface area contributed by atoms with Crippen molar-refractivity contribution < 1.29 is 0 Å². The molecule has 1 aromatic carbocycles. The Balaban J connectivity index is 2.25. The Bertz CT molecular complexity index is 445. The van der Waals surface area contributed by atoms with Gasteiger partial charge in [-0.3, -0.25) is 0 Å². The van der Waals surface area contributed by atoms with Crippen LogP contribution in [0.2, 0.25) is 0 Å². The first-order chi connectivity index (χ1) is 6.90. The van der Waals surface area contributed by atoms with Crippen molar-refractivity contribution in [3.63, 3.8) is 0 Å². The Morgan fingerprint density at radius 3 is 3.21 bits per heavy atom. The highest BCUT2D eigenvalue weighted by Gasteiger charge is 1.94. The first kappa shape index (κ1) is 9.34. The monoisotopic (exact) mass is 204 g/mol. The van der Waals surface area contributed by atoms with Gasteiger partial charge in [-0.1, -0.05) is 18.2 Å². The summed E-state index contributed by atoms with van der Waals surface area (Å²) < 4.78 is 0. The number of hydrogen-bond donors (Lipinski definition) is 2. The van der Waals surface area contributed by atoms with E-state index in [2.05, 4.69) is 46.9 Å². The summed E-state index contributed by atoms with van der Waals surface area (Å²) in [6.45, 7) is 0. The van der Waals surface area contributed by atoms with Crippen molar-refractivity contribution >= 4 is 29.7 Å². The van der Waals surface area contributed by atoms with E-state index in [-0.39, 0.29) is 0 Å². The number of nitrogens with zero attached hydrogens (tertiary/aromatic N) is 1. The molecule has 0 saturated carbocycles. The third kappa shape index (κ3) is 1.99. The molecule has 0 spiro atoms. The number of H-pyrrole nitrogens is 1. The normalized spacial score (nSPS) is 11.5. The van der Waals surface area contributed by atoms with Gasteiger partial charge in [0.25, 0.3) is 0 Å². The lowest BCUT2D eigenvalue weighted by Crippen LogP contribution is -1.74. The van der Waals surface area contributed by atoms with Crippen LogP contribution in [0.1, 0.15) is 12.0 Å². The van der Waals surface area contributed by atoms with E-state index < -0.39 is 0 Å². The van der Waals surface area contributed by atoms with Gasteiger partial charge in [0.1, 0.15) is 0 Å². The third-order valence-electron chi connectivity index (χ3n) is 2.05. The lowest BCUT2D eigenvalue weighted by Gasteiger charge is -1.93. The number of imidazole rings is 1. The molecular formula is C11H12N2S. The molecule has 2 nitrogen and oxygen atoms in total. The van der Waals surface area contributed by atoms with Gasteiger partial charge in [-0.2, -0.15) is 12.6 Å². The lowest BCUT2D eigenvalue weighted by molar-refractivity contribution is 1.26. The number of fused-ring (bicyclic) bond motifs is 1. The van der Waals surface area contributed by atoms with Crippen LogP contribution in [0.4, 0.5) is 0 Å². The molecule has 0 atom stereocenters. The topological polar surface area (TPSA) is 28.7 Å². The van der Waals surface area contributed by atoms with Crippen molar-refractivity contribution in [2.75, 3.05) is 5.75 Å². The average Bonchev–Trinajstić information content (AvgIpc) is 2.65. The van der Waals surface area contributed by atoms with Crippen LogP contribution < -0.4 is 0 Å². The summed E-state index contributed by atoms with van der Waals surface area (Å²) in [6.07, 6.45) is 6.96. The summed E-state index contributed by atoms with van der Waals surface area (Å²) in [4.78, 5) is 7.25. The summed E-state index contributed by atoms with van der Waals surface area (Å²) >= 11 is 4.15. The fraction of sp³-hybridized carbons (Fsp3) is 0.182. The minimum Gasteiger partial charge on any atom is -0.345 e. The summed E-state index contributed by atoms with van der Waals surface area (Å²) in [5, 5.41) is 0. The van der Waals surface area contributed by atoms with Gasteiger partial charge in [0, 0.05) is 0 Å². The van der Waals surface area contributed by atoms with Crippen molar-refractivity contribution in [2.45, 2.75) is 6.42 Å². The number of nitrogens with one attached hydrogen (secondary N) is 1. The number of rotatable bonds is 3. The van der Waals surface area contributed by atoms with Crippen molar-refractivity contribution in [1.82, 2.24) is 9.97 Å². The van der Waals surface area contributed by atoms with E-state index in [1.165, 1.54) is 5.56 Å². The minimum atomic E-state index is 0.892. The second kappa shape index (κ2) is 4.33. The number of aromatic amines is 1. The number of thiol groups is 1. The quantitative estimate of drug-likeness (QED) is 0.739. The van der Waals surface area contributed by atoms with Crippen molar-refractivity contribution in [3.8, 4) is 0 Å². The van der Waals surface area contributed by atoms with Crippen LogP contribution in [0.25, 0.3) is 17.1 Å². The molecule has 0 radical (unpaired) electrons. The van der Waals surface area contributed by atoms with E-state index >= 15 is 0 Å². The maximum atomic E-state index is 4.16. The van der Waals surface area contributed by atoms with Crippen LogP contribution in [-0.4, -0.2) is 15.7 Å². The van der Waals surface area contributed by atoms with Gasteiger partial charge >= 0.3 is 0 Å². The van der Waals surface area contributed by atoms with Gasteiger partial charge in [0.2, 0.25) is 0 Å². The molecule has 1 heterocycles. The molecule has 2 aromatic rings. The first-order valence-electron chi connectivity index (χ1n) is 4.60. The first-order valence-corrected chi connectivity index (χ1v) is 5.24. The second-order valence-corrected chi connectivity index (χ2v) is 3.54. The molecule has 3 heteroatoms. The molecule has 0 amide bonds. The Kier molecular flexibility index (Phi) is 2.89. The minimum absolute atomic E-state index is 0.892. The van der Waals surface area contributed by atoms with Crippen LogP contribution >= 0.6 is 12.6 Å². The molecule has 2 rings (SSSR count). The van der Waals surface area contributed by atoms with E-state index in [1.54, 1.807) is 6.33 Å². The lowest BCUT2D eigenvalue weighted by atomic mass is 10.2. The molecule has 0 unspecified atom stereocenters. The molecule has 0 saturated heterocycles. The predicted octanol–water partition coefficient (Wildman–Crippen LogP) is 2.90. The van der Waals surface area contributed by atoms with Gasteiger partial charge in [0.05, 0.1) is 17.4 Å². The number of hydrogen-bond acceptors (Lipinski definition) is 2. The van der Waals surface area contributed by atoms with Gasteiger partial charge in [0.15, 0.2) is 0 Å². The fourth-order valence-electron chi connectivity index (χ4n) is 1.35. The van der Waals surface area contributed by atoms with Gasteiger partial charge in [-0.05, 0) is 29.9 Å². The van der Waals surface area contributed by atoms with Crippen molar-refractivity contribution in [3.05, 3.63) is 36.2 Å². The summed E-state index contributed by atoms with van der Waals surface area (Å²) in [5.74, 6) is 0.892. The van der Waals surface area contributed by atoms with Gasteiger partial charge in [-0.25, -0.2) is 4.98 Å². The maximum Gasteiger partial charge on any atom is 0.0931 e. The molecule has 14 heavy (non-hydrogen) atoms. The molecule has 1 N–H and O–H groups in total. The van der Waals surface area contributed by atoms with E-state index in [0.717, 1.165) is 23.2 Å². The molecule has 0 aliphatic heterocycles. The average molecular weight is 204 g/mol. The Morgan fingerprint density at radius 1 is 1.43 bits per heavy atom. The number of allylic oxidation sites excluding steroid dienone is 1. The Labute approximate surface area is 88.5 Å². The smallest absolute Gasteiger partial charge is 0.0931 e. The SMILES string of the molecule is SCCC=Cc1ccc2nc[nH]c2c1. The molecule has 1 aromatic heterocycles. The van der Waals surface area contributed by atoms with Crippen LogP contribution in [0, 0.1) is 0 Å². The predicted molar refractivity (Wildman–Crippen MR) is 63.6 cm³/mol. The summed E-state index contributed by atoms with van der Waals surface area (Å²) in [5.41, 5.74) is 3.29. The molecular weight excluding hydrogens is 192 g/mol. The second-order valence-electron chi connectivity index (χ2n) is 3.09. The van der Waals surface area contributed by atoms with E-state index in [0.29, 0.717) is 0 Å². The number of benzene rings is 1. The molecule has 0 aliphatic carbocycles. The largest absolute Gasteiger partial charge is 0.345 e.